The highest BCUT2D eigenvalue weighted by Crippen LogP contribution is 1.61. The highest BCUT2D eigenvalue weighted by Gasteiger charge is 1.99. The Morgan fingerprint density at radius 1 is 1.88 bits per heavy atom. The van der Waals surface area contributed by atoms with Crippen LogP contribution in [0.3, 0.4) is 0 Å². The third-order valence-corrected chi connectivity index (χ3v) is 0.451. The van der Waals surface area contributed by atoms with Crippen LogP contribution in [0.5, 0.6) is 0 Å². The van der Waals surface area contributed by atoms with Crippen molar-refractivity contribution in [3.05, 3.63) is 0 Å². The van der Waals surface area contributed by atoms with Crippen molar-refractivity contribution in [2.45, 2.75) is 0 Å². The minimum atomic E-state index is -1.22. The van der Waals surface area contributed by atoms with Gasteiger partial charge < -0.3 is 16.3 Å². The van der Waals surface area contributed by atoms with Crippen molar-refractivity contribution in [1.29, 1.82) is 0 Å². The number of carboxylic acid groups (broad SMARTS) is 1. The maximum absolute atomic E-state index is 9.79. The molecular weight excluding hydrogens is 110 g/mol. The molecule has 0 amide bonds. The first-order chi connectivity index (χ1) is 3.68. The van der Waals surface area contributed by atoms with E-state index in [4.69, 9.17) is 10.8 Å². The van der Waals surface area contributed by atoms with Crippen LogP contribution in [-0.2, 0) is 4.79 Å². The molecule has 0 rings (SSSR count). The molecule has 46 valence electrons. The van der Waals surface area contributed by atoms with Gasteiger partial charge in [0.25, 0.3) is 0 Å². The smallest absolute Gasteiger partial charge is 0.373 e. The molecule has 8 heavy (non-hydrogen) atoms. The Bertz CT molecular complexity index is 120. The van der Waals surface area contributed by atoms with Crippen LogP contribution in [-0.4, -0.2) is 24.0 Å². The molecule has 0 aromatic heterocycles. The van der Waals surface area contributed by atoms with Crippen LogP contribution in [0.15, 0.2) is 5.10 Å². The lowest BCUT2D eigenvalue weighted by Crippen LogP contribution is -2.25. The van der Waals surface area contributed by atoms with Crippen LogP contribution in [0, 0.1) is 0 Å². The number of nitrogens with one attached hydrogen (secondary N) is 1. The van der Waals surface area contributed by atoms with Crippen LogP contribution >= 0.6 is 0 Å². The number of hydrogen-bond acceptors (Lipinski definition) is 3. The molecule has 0 aliphatic heterocycles. The van der Waals surface area contributed by atoms with E-state index in [-0.39, 0.29) is 0 Å². The van der Waals surface area contributed by atoms with Gasteiger partial charge in [-0.3, -0.25) is 0 Å². The summed E-state index contributed by atoms with van der Waals surface area (Å²) in [7, 11) is 1.47. The predicted molar refractivity (Wildman–Crippen MR) is 28.3 cm³/mol. The van der Waals surface area contributed by atoms with Crippen LogP contribution < -0.4 is 11.2 Å². The van der Waals surface area contributed by atoms with Gasteiger partial charge in [-0.25, -0.2) is 4.79 Å². The van der Waals surface area contributed by atoms with Crippen LogP contribution in [0.2, 0.25) is 0 Å². The summed E-state index contributed by atoms with van der Waals surface area (Å²) in [5, 5.41) is 11.2. The molecule has 5 nitrogen and oxygen atoms in total. The number of hydrogen-bond donors (Lipinski definition) is 3. The summed E-state index contributed by atoms with van der Waals surface area (Å²) < 4.78 is 0. The van der Waals surface area contributed by atoms with Crippen molar-refractivity contribution < 1.29 is 9.90 Å². The quantitative estimate of drug-likeness (QED) is 0.223. The van der Waals surface area contributed by atoms with E-state index in [1.165, 1.54) is 7.05 Å². The molecule has 0 aromatic carbocycles. The van der Waals surface area contributed by atoms with Gasteiger partial charge in [0, 0.05) is 7.05 Å². The SMILES string of the molecule is CN/N=C(\N)C(=O)O. The lowest BCUT2D eigenvalue weighted by molar-refractivity contribution is -0.129. The fourth-order valence-electron chi connectivity index (χ4n) is 0.168. The zero-order chi connectivity index (χ0) is 6.57. The number of nitrogens with zero attached hydrogens (tertiary/aromatic N) is 1. The predicted octanol–water partition coefficient (Wildman–Crippen LogP) is -1.44. The zero-order valence-corrected chi connectivity index (χ0v) is 4.38. The maximum Gasteiger partial charge on any atom is 0.373 e. The first-order valence-electron chi connectivity index (χ1n) is 1.91. The monoisotopic (exact) mass is 117 g/mol. The first-order valence-corrected chi connectivity index (χ1v) is 1.91. The molecule has 0 unspecified atom stereocenters. The second kappa shape index (κ2) is 2.84. The standard InChI is InChI=1S/C3H7N3O2/c1-5-6-2(4)3(7)8/h5H,1H3,(H2,4,6)(H,7,8). The highest BCUT2D eigenvalue weighted by molar-refractivity contribution is 6.33. The lowest BCUT2D eigenvalue weighted by atomic mass is 10.6. The summed E-state index contributed by atoms with van der Waals surface area (Å²) >= 11 is 0. The van der Waals surface area contributed by atoms with Crippen molar-refractivity contribution in [1.82, 2.24) is 5.43 Å². The summed E-state index contributed by atoms with van der Waals surface area (Å²) in [5.41, 5.74) is 7.05. The molecule has 4 N–H and O–H groups in total. The molecule has 0 atom stereocenters. The van der Waals surface area contributed by atoms with Crippen molar-refractivity contribution >= 4 is 11.8 Å². The van der Waals surface area contributed by atoms with E-state index in [0.29, 0.717) is 0 Å². The molecule has 0 aliphatic carbocycles. The minimum absolute atomic E-state index is 0.437. The number of nitrogens with two attached hydrogens (primary N) is 1. The average Bonchev–Trinajstić information content (AvgIpc) is 1.67. The second-order valence-electron chi connectivity index (χ2n) is 1.03. The summed E-state index contributed by atoms with van der Waals surface area (Å²) in [5.74, 6) is -1.66. The van der Waals surface area contributed by atoms with Gasteiger partial charge in [0.2, 0.25) is 5.84 Å². The Labute approximate surface area is 46.2 Å². The van der Waals surface area contributed by atoms with E-state index in [0.717, 1.165) is 0 Å². The molecule has 0 bridgehead atoms. The van der Waals surface area contributed by atoms with Gasteiger partial charge in [-0.2, -0.15) is 5.10 Å². The first kappa shape index (κ1) is 6.74. The summed E-state index contributed by atoms with van der Waals surface area (Å²) in [6.45, 7) is 0. The zero-order valence-electron chi connectivity index (χ0n) is 4.38. The number of amidine groups is 1. The number of carboxylic acids is 1. The van der Waals surface area contributed by atoms with Gasteiger partial charge in [-0.05, 0) is 0 Å². The second-order valence-corrected chi connectivity index (χ2v) is 1.03. The van der Waals surface area contributed by atoms with Crippen LogP contribution in [0.25, 0.3) is 0 Å². The van der Waals surface area contributed by atoms with E-state index in [9.17, 15) is 4.79 Å². The van der Waals surface area contributed by atoms with Crippen molar-refractivity contribution in [3.63, 3.8) is 0 Å². The van der Waals surface area contributed by atoms with E-state index in [2.05, 4.69) is 10.5 Å². The number of rotatable bonds is 1. The third-order valence-electron chi connectivity index (χ3n) is 0.451. The molecule has 0 saturated heterocycles. The number of aliphatic carboxylic acids is 1. The normalized spacial score (nSPS) is 10.9. The fourth-order valence-corrected chi connectivity index (χ4v) is 0.168. The molecule has 0 saturated carbocycles. The van der Waals surface area contributed by atoms with Crippen molar-refractivity contribution in [3.8, 4) is 0 Å². The largest absolute Gasteiger partial charge is 0.475 e. The van der Waals surface area contributed by atoms with E-state index >= 15 is 0 Å². The summed E-state index contributed by atoms with van der Waals surface area (Å²) in [6.07, 6.45) is 0. The van der Waals surface area contributed by atoms with Gasteiger partial charge in [0.15, 0.2) is 0 Å². The van der Waals surface area contributed by atoms with Gasteiger partial charge in [0.1, 0.15) is 0 Å². The molecule has 0 heterocycles. The van der Waals surface area contributed by atoms with E-state index in [1.54, 1.807) is 0 Å². The Balaban J connectivity index is 3.80. The Kier molecular flexibility index (Phi) is 2.39. The van der Waals surface area contributed by atoms with E-state index in [1.807, 2.05) is 0 Å². The molecule has 0 spiro atoms. The minimum Gasteiger partial charge on any atom is -0.475 e. The summed E-state index contributed by atoms with van der Waals surface area (Å²) in [6, 6.07) is 0. The Hall–Kier alpha value is -1.26. The molecule has 0 aliphatic rings. The van der Waals surface area contributed by atoms with Crippen LogP contribution in [0.1, 0.15) is 0 Å². The van der Waals surface area contributed by atoms with Gasteiger partial charge in [0.05, 0.1) is 0 Å². The van der Waals surface area contributed by atoms with Gasteiger partial charge in [-0.1, -0.05) is 0 Å². The average molecular weight is 117 g/mol. The topological polar surface area (TPSA) is 87.7 Å². The Morgan fingerprint density at radius 3 is 2.50 bits per heavy atom. The molecular formula is C3H7N3O2. The van der Waals surface area contributed by atoms with E-state index < -0.39 is 11.8 Å². The summed E-state index contributed by atoms with van der Waals surface area (Å²) in [4.78, 5) is 9.79. The maximum atomic E-state index is 9.79. The molecule has 5 heteroatoms. The van der Waals surface area contributed by atoms with Crippen LogP contribution in [0.4, 0.5) is 0 Å². The Morgan fingerprint density at radius 2 is 2.38 bits per heavy atom. The van der Waals surface area contributed by atoms with Gasteiger partial charge >= 0.3 is 5.97 Å². The molecule has 0 aromatic rings. The number of carbonyl (C=O) groups is 1. The molecule has 0 radical (unpaired) electrons. The third kappa shape index (κ3) is 2.01. The van der Waals surface area contributed by atoms with Crippen molar-refractivity contribution in [2.75, 3.05) is 7.05 Å². The van der Waals surface area contributed by atoms with Crippen molar-refractivity contribution in [2.24, 2.45) is 10.8 Å². The highest BCUT2D eigenvalue weighted by atomic mass is 16.4. The lowest BCUT2D eigenvalue weighted by Gasteiger charge is -1.88. The number of hydrazone groups is 1. The fraction of sp³-hybridized carbons (Fsp3) is 0.333. The van der Waals surface area contributed by atoms with Gasteiger partial charge in [-0.15, -0.1) is 0 Å². The molecule has 0 fully saturated rings.